The van der Waals surface area contributed by atoms with Crippen molar-refractivity contribution in [1.82, 2.24) is 9.97 Å². The van der Waals surface area contributed by atoms with E-state index in [1.165, 1.54) is 5.56 Å². The molecule has 2 heterocycles. The monoisotopic (exact) mass is 258 g/mol. The molecule has 3 aromatic rings. The Morgan fingerprint density at radius 2 is 1.94 bits per heavy atom. The summed E-state index contributed by atoms with van der Waals surface area (Å²) in [7, 11) is 0. The summed E-state index contributed by atoms with van der Waals surface area (Å²) in [6, 6.07) is 12.0. The van der Waals surface area contributed by atoms with Gasteiger partial charge in [0.15, 0.2) is 5.89 Å². The number of halogens is 1. The molecule has 0 N–H and O–H groups in total. The van der Waals surface area contributed by atoms with Gasteiger partial charge < -0.3 is 4.42 Å². The number of pyridine rings is 1. The summed E-state index contributed by atoms with van der Waals surface area (Å²) in [4.78, 5) is 8.47. The van der Waals surface area contributed by atoms with Crippen LogP contribution < -0.4 is 0 Å². The number of hydrogen-bond acceptors (Lipinski definition) is 3. The van der Waals surface area contributed by atoms with E-state index in [2.05, 4.69) is 22.1 Å². The zero-order valence-corrected chi connectivity index (χ0v) is 10.4. The molecule has 3 nitrogen and oxygen atoms in total. The number of oxazole rings is 1. The molecule has 2 aromatic heterocycles. The van der Waals surface area contributed by atoms with Gasteiger partial charge in [-0.1, -0.05) is 41.9 Å². The van der Waals surface area contributed by atoms with Crippen LogP contribution in [0.25, 0.3) is 11.2 Å². The Kier molecular flexibility index (Phi) is 2.99. The third-order valence-corrected chi connectivity index (χ3v) is 2.94. The van der Waals surface area contributed by atoms with Gasteiger partial charge in [-0.25, -0.2) is 9.97 Å². The van der Waals surface area contributed by atoms with Crippen LogP contribution in [0.15, 0.2) is 47.0 Å². The number of benzene rings is 1. The summed E-state index contributed by atoms with van der Waals surface area (Å²) in [5, 5.41) is 0.574. The Balaban J connectivity index is 1.79. The lowest BCUT2D eigenvalue weighted by molar-refractivity contribution is 0.520. The number of fused-ring (bicyclic) bond motifs is 1. The minimum Gasteiger partial charge on any atom is -0.422 e. The molecule has 0 amide bonds. The largest absolute Gasteiger partial charge is 0.422 e. The predicted octanol–water partition coefficient (Wildman–Crippen LogP) is 3.66. The van der Waals surface area contributed by atoms with Crippen LogP contribution in [0.3, 0.4) is 0 Å². The average Bonchev–Trinajstić information content (AvgIpc) is 2.79. The van der Waals surface area contributed by atoms with E-state index < -0.39 is 0 Å². The highest BCUT2D eigenvalue weighted by molar-refractivity contribution is 6.30. The topological polar surface area (TPSA) is 38.9 Å². The molecule has 0 atom stereocenters. The summed E-state index contributed by atoms with van der Waals surface area (Å²) in [6.45, 7) is 0. The molecule has 0 unspecified atom stereocenters. The maximum Gasteiger partial charge on any atom is 0.247 e. The van der Waals surface area contributed by atoms with Crippen molar-refractivity contribution in [2.24, 2.45) is 0 Å². The molecular weight excluding hydrogens is 248 g/mol. The molecule has 0 aliphatic carbocycles. The van der Waals surface area contributed by atoms with Crippen molar-refractivity contribution in [3.05, 3.63) is 59.1 Å². The smallest absolute Gasteiger partial charge is 0.247 e. The second-order valence-electron chi connectivity index (χ2n) is 4.07. The van der Waals surface area contributed by atoms with Crippen molar-refractivity contribution in [1.29, 1.82) is 0 Å². The van der Waals surface area contributed by atoms with Gasteiger partial charge in [-0.2, -0.15) is 0 Å². The molecule has 0 aliphatic rings. The Morgan fingerprint density at radius 1 is 1.11 bits per heavy atom. The van der Waals surface area contributed by atoms with Gasteiger partial charge in [-0.3, -0.25) is 0 Å². The van der Waals surface area contributed by atoms with Gasteiger partial charge in [-0.15, -0.1) is 0 Å². The van der Waals surface area contributed by atoms with Crippen molar-refractivity contribution < 1.29 is 4.42 Å². The van der Waals surface area contributed by atoms with Crippen molar-refractivity contribution in [2.45, 2.75) is 12.8 Å². The Bertz CT molecular complexity index is 664. The van der Waals surface area contributed by atoms with E-state index in [1.807, 2.05) is 18.2 Å². The molecule has 0 radical (unpaired) electrons. The molecule has 18 heavy (non-hydrogen) atoms. The molecule has 90 valence electrons. The minimum atomic E-state index is 0.544. The SMILES string of the molecule is Clc1cnc2oc(CCc3ccccc3)nc2c1. The first-order chi connectivity index (χ1) is 8.81. The molecule has 3 rings (SSSR count). The lowest BCUT2D eigenvalue weighted by atomic mass is 10.1. The highest BCUT2D eigenvalue weighted by atomic mass is 35.5. The summed E-state index contributed by atoms with van der Waals surface area (Å²) >= 11 is 5.86. The van der Waals surface area contributed by atoms with Crippen molar-refractivity contribution in [2.75, 3.05) is 0 Å². The molecule has 0 bridgehead atoms. The maximum atomic E-state index is 5.86. The van der Waals surface area contributed by atoms with Gasteiger partial charge in [0.2, 0.25) is 5.71 Å². The molecule has 0 saturated carbocycles. The van der Waals surface area contributed by atoms with Crippen LogP contribution in [0.1, 0.15) is 11.5 Å². The van der Waals surface area contributed by atoms with Crippen LogP contribution in [0.4, 0.5) is 0 Å². The highest BCUT2D eigenvalue weighted by Crippen LogP contribution is 2.18. The standard InChI is InChI=1S/C14H11ClN2O/c15-11-8-12-14(16-9-11)18-13(17-12)7-6-10-4-2-1-3-5-10/h1-5,8-9H,6-7H2. The van der Waals surface area contributed by atoms with E-state index in [0.29, 0.717) is 22.1 Å². The number of rotatable bonds is 3. The molecular formula is C14H11ClN2O. The fraction of sp³-hybridized carbons (Fsp3) is 0.143. The molecule has 0 fully saturated rings. The lowest BCUT2D eigenvalue weighted by Gasteiger charge is -1.96. The zero-order chi connectivity index (χ0) is 12.4. The van der Waals surface area contributed by atoms with E-state index in [4.69, 9.17) is 16.0 Å². The Morgan fingerprint density at radius 3 is 2.78 bits per heavy atom. The van der Waals surface area contributed by atoms with Crippen molar-refractivity contribution in [3.63, 3.8) is 0 Å². The number of aryl methyl sites for hydroxylation is 2. The lowest BCUT2D eigenvalue weighted by Crippen LogP contribution is -1.90. The predicted molar refractivity (Wildman–Crippen MR) is 70.7 cm³/mol. The van der Waals surface area contributed by atoms with Gasteiger partial charge in [0.1, 0.15) is 5.52 Å². The van der Waals surface area contributed by atoms with Gasteiger partial charge >= 0.3 is 0 Å². The van der Waals surface area contributed by atoms with E-state index in [-0.39, 0.29) is 0 Å². The van der Waals surface area contributed by atoms with E-state index in [9.17, 15) is 0 Å². The first-order valence-corrected chi connectivity index (χ1v) is 6.14. The Labute approximate surface area is 109 Å². The molecule has 4 heteroatoms. The zero-order valence-electron chi connectivity index (χ0n) is 9.64. The first kappa shape index (κ1) is 11.2. The van der Waals surface area contributed by atoms with Gasteiger partial charge in [0, 0.05) is 12.6 Å². The average molecular weight is 259 g/mol. The van der Waals surface area contributed by atoms with Crippen molar-refractivity contribution >= 4 is 22.8 Å². The Hall–Kier alpha value is -1.87. The van der Waals surface area contributed by atoms with Crippen molar-refractivity contribution in [3.8, 4) is 0 Å². The fourth-order valence-electron chi connectivity index (χ4n) is 1.85. The van der Waals surface area contributed by atoms with E-state index in [0.717, 1.165) is 12.8 Å². The second-order valence-corrected chi connectivity index (χ2v) is 4.51. The second kappa shape index (κ2) is 4.78. The number of nitrogens with zero attached hydrogens (tertiary/aromatic N) is 2. The summed E-state index contributed by atoms with van der Waals surface area (Å²) in [5.41, 5.74) is 2.53. The van der Waals surface area contributed by atoms with Crippen LogP contribution >= 0.6 is 11.6 Å². The third kappa shape index (κ3) is 2.36. The third-order valence-electron chi connectivity index (χ3n) is 2.73. The summed E-state index contributed by atoms with van der Waals surface area (Å²) in [5.74, 6) is 0.698. The van der Waals surface area contributed by atoms with E-state index >= 15 is 0 Å². The summed E-state index contributed by atoms with van der Waals surface area (Å²) < 4.78 is 5.56. The number of aromatic nitrogens is 2. The highest BCUT2D eigenvalue weighted by Gasteiger charge is 2.07. The van der Waals surface area contributed by atoms with Gasteiger partial charge in [0.25, 0.3) is 0 Å². The van der Waals surface area contributed by atoms with Crippen LogP contribution in [0.2, 0.25) is 5.02 Å². The maximum absolute atomic E-state index is 5.86. The number of hydrogen-bond donors (Lipinski definition) is 0. The molecule has 0 saturated heterocycles. The first-order valence-electron chi connectivity index (χ1n) is 5.76. The van der Waals surface area contributed by atoms with Crippen LogP contribution in [0.5, 0.6) is 0 Å². The van der Waals surface area contributed by atoms with Gasteiger partial charge in [0.05, 0.1) is 5.02 Å². The fourth-order valence-corrected chi connectivity index (χ4v) is 2.00. The quantitative estimate of drug-likeness (QED) is 0.720. The molecule has 0 aliphatic heterocycles. The normalized spacial score (nSPS) is 10.9. The van der Waals surface area contributed by atoms with Crippen LogP contribution in [0, 0.1) is 0 Å². The van der Waals surface area contributed by atoms with Crippen LogP contribution in [-0.2, 0) is 12.8 Å². The minimum absolute atomic E-state index is 0.544. The molecule has 1 aromatic carbocycles. The van der Waals surface area contributed by atoms with E-state index in [1.54, 1.807) is 12.3 Å². The van der Waals surface area contributed by atoms with Gasteiger partial charge in [-0.05, 0) is 18.1 Å². The molecule has 0 spiro atoms. The van der Waals surface area contributed by atoms with Crippen LogP contribution in [-0.4, -0.2) is 9.97 Å². The summed E-state index contributed by atoms with van der Waals surface area (Å²) in [6.07, 6.45) is 3.23.